The second kappa shape index (κ2) is 14.9. The lowest BCUT2D eigenvalue weighted by Crippen LogP contribution is -2.51. The fourth-order valence-electron chi connectivity index (χ4n) is 6.13. The Morgan fingerprint density at radius 3 is 2.52 bits per heavy atom. The van der Waals surface area contributed by atoms with Crippen molar-refractivity contribution in [1.29, 1.82) is 0 Å². The Bertz CT molecular complexity index is 1660. The molecular weight excluding hydrogens is 626 g/mol. The molecule has 46 heavy (non-hydrogen) atoms. The van der Waals surface area contributed by atoms with E-state index in [-0.39, 0.29) is 40.2 Å². The number of alkyl halides is 4. The predicted octanol–water partition coefficient (Wildman–Crippen LogP) is 5.70. The van der Waals surface area contributed by atoms with Gasteiger partial charge in [0.1, 0.15) is 12.3 Å². The second-order valence-electron chi connectivity index (χ2n) is 11.5. The van der Waals surface area contributed by atoms with Crippen molar-refractivity contribution in [3.8, 4) is 17.6 Å². The van der Waals surface area contributed by atoms with Crippen LogP contribution in [0, 0.1) is 11.8 Å². The van der Waals surface area contributed by atoms with Crippen LogP contribution >= 0.6 is 0 Å². The number of methoxy groups -OCH3 is 1. The maximum atomic E-state index is 13.7. The number of aromatic nitrogens is 1. The van der Waals surface area contributed by atoms with E-state index in [0.29, 0.717) is 17.5 Å². The van der Waals surface area contributed by atoms with Gasteiger partial charge in [-0.1, -0.05) is 18.9 Å². The summed E-state index contributed by atoms with van der Waals surface area (Å²) in [6, 6.07) is 10.7. The molecule has 0 saturated heterocycles. The number of hydrogen-bond donors (Lipinski definition) is 3. The molecule has 0 unspecified atom stereocenters. The lowest BCUT2D eigenvalue weighted by Gasteiger charge is -2.46. The van der Waals surface area contributed by atoms with Crippen LogP contribution in [0.1, 0.15) is 44.7 Å². The number of halogens is 4. The van der Waals surface area contributed by atoms with Crippen molar-refractivity contribution >= 4 is 32.3 Å². The molecule has 0 bridgehead atoms. The number of likely N-dealkylation sites (N-methyl/N-ethyl adjacent to an activating group) is 1. The zero-order valence-electron chi connectivity index (χ0n) is 26.2. The van der Waals surface area contributed by atoms with Crippen LogP contribution in [-0.2, 0) is 21.3 Å². The van der Waals surface area contributed by atoms with E-state index in [0.717, 1.165) is 55.0 Å². The average Bonchev–Trinajstić information content (AvgIpc) is 3.35. The summed E-state index contributed by atoms with van der Waals surface area (Å²) in [5.41, 5.74) is 1.69. The summed E-state index contributed by atoms with van der Waals surface area (Å²) in [6.07, 6.45) is 0.399. The van der Waals surface area contributed by atoms with Gasteiger partial charge in [-0.25, -0.2) is 17.9 Å². The van der Waals surface area contributed by atoms with Crippen molar-refractivity contribution in [3.63, 3.8) is 0 Å². The summed E-state index contributed by atoms with van der Waals surface area (Å²) in [5.74, 6) is 5.56. The van der Waals surface area contributed by atoms with Crippen LogP contribution in [0.15, 0.2) is 47.4 Å². The van der Waals surface area contributed by atoms with Crippen molar-refractivity contribution in [2.75, 3.05) is 51.3 Å². The molecule has 1 aliphatic carbocycles. The lowest BCUT2D eigenvalue weighted by molar-refractivity contribution is -0.140. The van der Waals surface area contributed by atoms with Crippen molar-refractivity contribution < 1.29 is 35.5 Å². The Kier molecular flexibility index (Phi) is 11.5. The van der Waals surface area contributed by atoms with Crippen molar-refractivity contribution in [3.05, 3.63) is 48.2 Å². The van der Waals surface area contributed by atoms with Crippen LogP contribution in [-0.4, -0.2) is 76.4 Å². The maximum absolute atomic E-state index is 13.7. The molecule has 1 aromatic heterocycles. The minimum atomic E-state index is -4.48. The summed E-state index contributed by atoms with van der Waals surface area (Å²) in [7, 11) is -0.207. The minimum Gasteiger partial charge on any atom is -0.461 e. The number of rotatable bonds is 13. The van der Waals surface area contributed by atoms with Crippen molar-refractivity contribution in [2.45, 2.75) is 68.2 Å². The summed E-state index contributed by atoms with van der Waals surface area (Å²) in [5, 5.41) is 12.3. The van der Waals surface area contributed by atoms with Gasteiger partial charge in [-0.05, 0) is 75.4 Å². The number of sulfonamides is 1. The Balaban J connectivity index is 1.55. The number of hydrogen-bond acceptors (Lipinski definition) is 7. The summed E-state index contributed by atoms with van der Waals surface area (Å²) >= 11 is 0. The molecule has 9 nitrogen and oxygen atoms in total. The Morgan fingerprint density at radius 1 is 1.15 bits per heavy atom. The molecule has 0 spiro atoms. The number of nitrogens with one attached hydrogen (secondary N) is 2. The van der Waals surface area contributed by atoms with E-state index in [2.05, 4.69) is 41.3 Å². The Hall–Kier alpha value is -3.51. The number of benzene rings is 2. The molecule has 4 N–H and O–H groups in total. The molecule has 1 fully saturated rings. The molecule has 0 radical (unpaired) electrons. The van der Waals surface area contributed by atoms with E-state index in [9.17, 15) is 26.0 Å². The molecule has 14 heteroatoms. The highest BCUT2D eigenvalue weighted by molar-refractivity contribution is 7.89. The van der Waals surface area contributed by atoms with E-state index < -0.39 is 29.6 Å². The van der Waals surface area contributed by atoms with Crippen LogP contribution in [0.3, 0.4) is 0 Å². The molecular formula is C32H41F4N5O4S. The standard InChI is InChI=1S/C32H41F4N5O4S/c1-4-31(40(2)17-18-44-3)14-12-23(13-15-31)39-27-8-5-9-29-26(27)19-24(41(29)21-32(34,35)36)7-6-16-38-28-11-10-25(46(37,42)43)20-30(28)45-22-33/h5,8-11,19-20,23,38-39H,4,12-18,21-22H2,1-3H3,(H2,37,42,43). The number of fused-ring (bicyclic) bond motifs is 1. The monoisotopic (exact) mass is 667 g/mol. The summed E-state index contributed by atoms with van der Waals surface area (Å²) in [4.78, 5) is 2.12. The first kappa shape index (κ1) is 35.3. The van der Waals surface area contributed by atoms with Gasteiger partial charge in [0.25, 0.3) is 0 Å². The van der Waals surface area contributed by atoms with E-state index >= 15 is 0 Å². The fourth-order valence-corrected chi connectivity index (χ4v) is 6.66. The first-order valence-electron chi connectivity index (χ1n) is 15.0. The SMILES string of the molecule is CCC1(N(C)CCOC)CCC(Nc2cccc3c2cc(C#CCNc2ccc(S(N)(=O)=O)cc2OCF)n3CC(F)(F)F)CC1. The highest BCUT2D eigenvalue weighted by Crippen LogP contribution is 2.38. The van der Waals surface area contributed by atoms with Crippen molar-refractivity contribution in [2.24, 2.45) is 5.14 Å². The molecule has 0 aliphatic heterocycles. The summed E-state index contributed by atoms with van der Waals surface area (Å²) < 4.78 is 88.6. The van der Waals surface area contributed by atoms with E-state index in [4.69, 9.17) is 14.6 Å². The van der Waals surface area contributed by atoms with E-state index in [1.165, 1.54) is 12.1 Å². The molecule has 1 saturated carbocycles. The molecule has 2 aromatic carbocycles. The van der Waals surface area contributed by atoms with Crippen molar-refractivity contribution in [1.82, 2.24) is 9.47 Å². The number of ether oxygens (including phenoxy) is 2. The van der Waals surface area contributed by atoms with Gasteiger partial charge < -0.3 is 24.7 Å². The van der Waals surface area contributed by atoms with Gasteiger partial charge in [0, 0.05) is 42.4 Å². The number of nitrogens with zero attached hydrogens (tertiary/aromatic N) is 2. The number of nitrogens with two attached hydrogens (primary N) is 1. The van der Waals surface area contributed by atoms with Crippen LogP contribution in [0.5, 0.6) is 5.75 Å². The highest BCUT2D eigenvalue weighted by atomic mass is 32.2. The van der Waals surface area contributed by atoms with Crippen LogP contribution in [0.2, 0.25) is 0 Å². The van der Waals surface area contributed by atoms with Crippen LogP contribution in [0.25, 0.3) is 10.9 Å². The Labute approximate surface area is 267 Å². The normalized spacial score (nSPS) is 18.8. The third-order valence-corrected chi connectivity index (χ3v) is 9.64. The first-order chi connectivity index (χ1) is 21.8. The third kappa shape index (κ3) is 8.64. The molecule has 252 valence electrons. The van der Waals surface area contributed by atoms with Crippen LogP contribution in [0.4, 0.5) is 28.9 Å². The van der Waals surface area contributed by atoms with Crippen LogP contribution < -0.4 is 20.5 Å². The zero-order chi connectivity index (χ0) is 33.5. The molecule has 0 atom stereocenters. The smallest absolute Gasteiger partial charge is 0.406 e. The number of anilines is 2. The second-order valence-corrected chi connectivity index (χ2v) is 13.1. The van der Waals surface area contributed by atoms with Gasteiger partial charge in [0.2, 0.25) is 16.9 Å². The highest BCUT2D eigenvalue weighted by Gasteiger charge is 2.37. The quantitative estimate of drug-likeness (QED) is 0.158. The van der Waals surface area contributed by atoms with E-state index in [1.807, 2.05) is 6.07 Å². The van der Waals surface area contributed by atoms with Gasteiger partial charge in [-0.15, -0.1) is 0 Å². The van der Waals surface area contributed by atoms with Gasteiger partial charge >= 0.3 is 6.18 Å². The zero-order valence-corrected chi connectivity index (χ0v) is 27.0. The number of primary sulfonamides is 1. The topological polar surface area (TPSA) is 111 Å². The third-order valence-electron chi connectivity index (χ3n) is 8.73. The lowest BCUT2D eigenvalue weighted by atomic mass is 9.76. The van der Waals surface area contributed by atoms with Gasteiger partial charge in [-0.2, -0.15) is 13.2 Å². The van der Waals surface area contributed by atoms with Gasteiger partial charge in [-0.3, -0.25) is 4.90 Å². The molecule has 1 aliphatic rings. The molecule has 1 heterocycles. The summed E-state index contributed by atoms with van der Waals surface area (Å²) in [6.45, 7) is 1.26. The van der Waals surface area contributed by atoms with E-state index in [1.54, 1.807) is 25.3 Å². The largest absolute Gasteiger partial charge is 0.461 e. The molecule has 3 aromatic rings. The van der Waals surface area contributed by atoms with Gasteiger partial charge in [0.05, 0.1) is 34.9 Å². The van der Waals surface area contributed by atoms with Gasteiger partial charge in [0.15, 0.2) is 0 Å². The predicted molar refractivity (Wildman–Crippen MR) is 171 cm³/mol. The minimum absolute atomic E-state index is 0.0455. The molecule has 0 amide bonds. The Morgan fingerprint density at radius 2 is 1.89 bits per heavy atom. The molecule has 4 rings (SSSR count). The fraction of sp³-hybridized carbons (Fsp3) is 0.500. The maximum Gasteiger partial charge on any atom is 0.406 e. The first-order valence-corrected chi connectivity index (χ1v) is 16.6. The average molecular weight is 668 g/mol.